The van der Waals surface area contributed by atoms with Gasteiger partial charge < -0.3 is 26.1 Å². The minimum atomic E-state index is -0.574. The van der Waals surface area contributed by atoms with E-state index in [1.165, 1.54) is 6.92 Å². The van der Waals surface area contributed by atoms with Crippen molar-refractivity contribution in [3.8, 4) is 0 Å². The van der Waals surface area contributed by atoms with Crippen molar-refractivity contribution in [3.63, 3.8) is 0 Å². The lowest BCUT2D eigenvalue weighted by atomic mass is 9.76. The maximum Gasteiger partial charge on any atom is 0.492 e. The fourth-order valence-electron chi connectivity index (χ4n) is 2.42. The lowest BCUT2D eigenvalue weighted by molar-refractivity contribution is -0.118. The Hall–Kier alpha value is -2.06. The first-order chi connectivity index (χ1) is 11.4. The first-order valence-electron chi connectivity index (χ1n) is 8.25. The molecule has 2 heterocycles. The predicted octanol–water partition coefficient (Wildman–Crippen LogP) is 1.71. The van der Waals surface area contributed by atoms with Crippen LogP contribution in [0.25, 0.3) is 6.08 Å². The second-order valence-electron chi connectivity index (χ2n) is 7.35. The van der Waals surface area contributed by atoms with Crippen molar-refractivity contribution < 1.29 is 14.1 Å². The third-order valence-electron chi connectivity index (χ3n) is 4.89. The zero-order valence-corrected chi connectivity index (χ0v) is 15.8. The summed E-state index contributed by atoms with van der Waals surface area (Å²) < 4.78 is 12.2. The molecular formula is C17H27BN4O3. The van der Waals surface area contributed by atoms with Crippen LogP contribution in [0.1, 0.15) is 45.7 Å². The third kappa shape index (κ3) is 3.96. The van der Waals surface area contributed by atoms with E-state index in [0.29, 0.717) is 18.1 Å². The Morgan fingerprint density at radius 2 is 1.84 bits per heavy atom. The molecule has 1 aliphatic rings. The van der Waals surface area contributed by atoms with Crippen molar-refractivity contribution in [3.05, 3.63) is 22.8 Å². The molecule has 0 unspecified atom stereocenters. The van der Waals surface area contributed by atoms with Gasteiger partial charge in [0.2, 0.25) is 5.91 Å². The molecule has 1 saturated heterocycles. The monoisotopic (exact) mass is 346 g/mol. The smallest absolute Gasteiger partial charge is 0.400 e. The van der Waals surface area contributed by atoms with Crippen molar-refractivity contribution >= 4 is 30.6 Å². The summed E-state index contributed by atoms with van der Waals surface area (Å²) in [4.78, 5) is 15.5. The van der Waals surface area contributed by atoms with Crippen molar-refractivity contribution in [1.82, 2.24) is 10.3 Å². The van der Waals surface area contributed by atoms with Crippen molar-refractivity contribution in [2.75, 3.05) is 18.0 Å². The van der Waals surface area contributed by atoms with Crippen molar-refractivity contribution in [2.24, 2.45) is 0 Å². The van der Waals surface area contributed by atoms with Gasteiger partial charge in [-0.25, -0.2) is 4.98 Å². The SMILES string of the molecule is CC(=O)NCC(=Cc1cnc(N)c(N)c1C)B1OC(C)(C)C(C)(C)O1. The number of pyridine rings is 1. The Labute approximate surface area is 149 Å². The van der Waals surface area contributed by atoms with Crippen LogP contribution in [0.2, 0.25) is 0 Å². The highest BCUT2D eigenvalue weighted by molar-refractivity contribution is 6.56. The van der Waals surface area contributed by atoms with Gasteiger partial charge in [0.25, 0.3) is 0 Å². The summed E-state index contributed by atoms with van der Waals surface area (Å²) >= 11 is 0. The fourth-order valence-corrected chi connectivity index (χ4v) is 2.42. The Bertz CT molecular complexity index is 700. The molecule has 136 valence electrons. The fraction of sp³-hybridized carbons (Fsp3) is 0.529. The van der Waals surface area contributed by atoms with Crippen LogP contribution >= 0.6 is 0 Å². The van der Waals surface area contributed by atoms with Gasteiger partial charge in [-0.3, -0.25) is 4.79 Å². The molecule has 0 aromatic carbocycles. The number of hydrogen-bond acceptors (Lipinski definition) is 6. The summed E-state index contributed by atoms with van der Waals surface area (Å²) in [6.45, 7) is 11.6. The van der Waals surface area contributed by atoms with Crippen LogP contribution in [0.5, 0.6) is 0 Å². The molecule has 7 nitrogen and oxygen atoms in total. The summed E-state index contributed by atoms with van der Waals surface area (Å²) in [5.74, 6) is 0.169. The van der Waals surface area contributed by atoms with Gasteiger partial charge in [0, 0.05) is 19.7 Å². The number of nitrogen functional groups attached to an aromatic ring is 2. The third-order valence-corrected chi connectivity index (χ3v) is 4.89. The van der Waals surface area contributed by atoms with Crippen LogP contribution in [0, 0.1) is 6.92 Å². The maximum absolute atomic E-state index is 11.4. The second-order valence-corrected chi connectivity index (χ2v) is 7.35. The first-order valence-corrected chi connectivity index (χ1v) is 8.25. The largest absolute Gasteiger partial charge is 0.492 e. The quantitative estimate of drug-likeness (QED) is 0.716. The molecule has 1 aliphatic heterocycles. The van der Waals surface area contributed by atoms with E-state index in [2.05, 4.69) is 10.3 Å². The van der Waals surface area contributed by atoms with Crippen molar-refractivity contribution in [2.45, 2.75) is 52.7 Å². The van der Waals surface area contributed by atoms with E-state index in [9.17, 15) is 4.79 Å². The van der Waals surface area contributed by atoms with Crippen LogP contribution in [-0.4, -0.2) is 35.8 Å². The molecule has 1 amide bonds. The van der Waals surface area contributed by atoms with E-state index in [1.807, 2.05) is 40.7 Å². The van der Waals surface area contributed by atoms with Crippen LogP contribution in [0.3, 0.4) is 0 Å². The molecule has 1 fully saturated rings. The average molecular weight is 346 g/mol. The minimum Gasteiger partial charge on any atom is -0.400 e. The van der Waals surface area contributed by atoms with Crippen LogP contribution in [-0.2, 0) is 14.1 Å². The number of aromatic nitrogens is 1. The molecule has 0 aliphatic carbocycles. The first kappa shape index (κ1) is 19.3. The maximum atomic E-state index is 11.4. The average Bonchev–Trinajstić information content (AvgIpc) is 2.71. The van der Waals surface area contributed by atoms with E-state index >= 15 is 0 Å². The van der Waals surface area contributed by atoms with E-state index < -0.39 is 18.3 Å². The predicted molar refractivity (Wildman–Crippen MR) is 101 cm³/mol. The number of hydrogen-bond donors (Lipinski definition) is 3. The molecule has 0 radical (unpaired) electrons. The van der Waals surface area contributed by atoms with Gasteiger partial charge in [-0.05, 0) is 51.2 Å². The highest BCUT2D eigenvalue weighted by Crippen LogP contribution is 2.39. The van der Waals surface area contributed by atoms with Gasteiger partial charge in [0.15, 0.2) is 0 Å². The number of anilines is 2. The summed E-state index contributed by atoms with van der Waals surface area (Å²) in [5.41, 5.74) is 13.6. The molecule has 0 bridgehead atoms. The Balaban J connectivity index is 2.40. The summed E-state index contributed by atoms with van der Waals surface area (Å²) in [5, 5.41) is 2.80. The molecule has 0 spiro atoms. The lowest BCUT2D eigenvalue weighted by Crippen LogP contribution is -2.41. The Morgan fingerprint density at radius 1 is 1.28 bits per heavy atom. The standard InChI is InChI=1S/C17H27BN4O3/c1-10-12(8-22-15(20)14(10)19)7-13(9-21-11(2)23)18-24-16(3,4)17(5,6)25-18/h7-8H,9,19H2,1-6H3,(H2,20,22)(H,21,23). The minimum absolute atomic E-state index is 0.130. The Morgan fingerprint density at radius 3 is 2.36 bits per heavy atom. The second kappa shape index (κ2) is 6.69. The summed E-state index contributed by atoms with van der Waals surface area (Å²) in [6.07, 6.45) is 3.54. The van der Waals surface area contributed by atoms with E-state index in [-0.39, 0.29) is 5.91 Å². The summed E-state index contributed by atoms with van der Waals surface area (Å²) in [6, 6.07) is 0. The number of nitrogens with one attached hydrogen (secondary N) is 1. The molecule has 0 atom stereocenters. The highest BCUT2D eigenvalue weighted by atomic mass is 16.7. The summed E-state index contributed by atoms with van der Waals surface area (Å²) in [7, 11) is -0.574. The van der Waals surface area contributed by atoms with Gasteiger partial charge in [-0.15, -0.1) is 0 Å². The molecule has 2 rings (SSSR count). The van der Waals surface area contributed by atoms with Crippen molar-refractivity contribution in [1.29, 1.82) is 0 Å². The molecule has 1 aromatic heterocycles. The zero-order valence-electron chi connectivity index (χ0n) is 15.8. The number of carbonyl (C=O) groups excluding carboxylic acids is 1. The number of rotatable bonds is 4. The molecule has 0 saturated carbocycles. The number of amides is 1. The molecule has 1 aromatic rings. The van der Waals surface area contributed by atoms with Gasteiger partial charge in [0.05, 0.1) is 16.9 Å². The van der Waals surface area contributed by atoms with E-state index in [4.69, 9.17) is 20.8 Å². The van der Waals surface area contributed by atoms with E-state index in [0.717, 1.165) is 16.6 Å². The van der Waals surface area contributed by atoms with Crippen LogP contribution < -0.4 is 16.8 Å². The normalized spacial score (nSPS) is 19.1. The van der Waals surface area contributed by atoms with Crippen LogP contribution in [0.4, 0.5) is 11.5 Å². The van der Waals surface area contributed by atoms with Gasteiger partial charge in [-0.1, -0.05) is 6.08 Å². The number of nitrogens with two attached hydrogens (primary N) is 2. The number of nitrogens with zero attached hydrogens (tertiary/aromatic N) is 1. The lowest BCUT2D eigenvalue weighted by Gasteiger charge is -2.32. The molecule has 25 heavy (non-hydrogen) atoms. The number of carbonyl (C=O) groups is 1. The molecular weight excluding hydrogens is 319 g/mol. The highest BCUT2D eigenvalue weighted by Gasteiger charge is 2.52. The van der Waals surface area contributed by atoms with Crippen LogP contribution in [0.15, 0.2) is 11.7 Å². The Kier molecular flexibility index (Phi) is 5.15. The van der Waals surface area contributed by atoms with E-state index in [1.54, 1.807) is 6.20 Å². The molecule has 5 N–H and O–H groups in total. The zero-order chi connectivity index (χ0) is 19.0. The molecule has 8 heteroatoms. The van der Waals surface area contributed by atoms with Gasteiger partial charge >= 0.3 is 7.12 Å². The van der Waals surface area contributed by atoms with Gasteiger partial charge in [0.1, 0.15) is 5.82 Å². The topological polar surface area (TPSA) is 112 Å². The van der Waals surface area contributed by atoms with Gasteiger partial charge in [-0.2, -0.15) is 0 Å².